The molecule has 8 heteroatoms. The van der Waals surface area contributed by atoms with Gasteiger partial charge in [0, 0.05) is 11.1 Å². The largest absolute Gasteiger partial charge is 0.433 e. The van der Waals surface area contributed by atoms with Gasteiger partial charge in [0.25, 0.3) is 0 Å². The molecule has 0 fully saturated rings. The average Bonchev–Trinajstić information content (AvgIpc) is 2.69. The van der Waals surface area contributed by atoms with Crippen LogP contribution in [0.5, 0.6) is 0 Å². The molecule has 1 aromatic heterocycles. The van der Waals surface area contributed by atoms with Crippen molar-refractivity contribution in [2.45, 2.75) is 70.3 Å². The first-order valence-electron chi connectivity index (χ1n) is 9.98. The molecule has 166 valence electrons. The van der Waals surface area contributed by atoms with Gasteiger partial charge in [0.05, 0.1) is 17.4 Å². The minimum Gasteiger partial charge on any atom is -0.388 e. The van der Waals surface area contributed by atoms with E-state index in [1.807, 2.05) is 0 Å². The molecule has 30 heavy (non-hydrogen) atoms. The molecule has 0 spiro atoms. The molecule has 0 aliphatic rings. The summed E-state index contributed by atoms with van der Waals surface area (Å²) in [4.78, 5) is 3.63. The molecular formula is C22H25F6NO. The Kier molecular flexibility index (Phi) is 8.29. The first-order chi connectivity index (χ1) is 14.0. The molecule has 0 saturated heterocycles. The normalized spacial score (nSPS) is 13.5. The van der Waals surface area contributed by atoms with E-state index in [1.165, 1.54) is 6.07 Å². The number of pyridine rings is 1. The third-order valence-corrected chi connectivity index (χ3v) is 4.89. The third kappa shape index (κ3) is 6.72. The monoisotopic (exact) mass is 433 g/mol. The van der Waals surface area contributed by atoms with E-state index in [-0.39, 0.29) is 23.2 Å². The van der Waals surface area contributed by atoms with E-state index >= 15 is 0 Å². The first kappa shape index (κ1) is 24.2. The van der Waals surface area contributed by atoms with Crippen molar-refractivity contribution in [2.24, 2.45) is 0 Å². The number of halogens is 6. The van der Waals surface area contributed by atoms with Crippen molar-refractivity contribution < 1.29 is 31.4 Å². The minimum atomic E-state index is -4.79. The fraction of sp³-hybridized carbons (Fsp3) is 0.500. The summed E-state index contributed by atoms with van der Waals surface area (Å²) >= 11 is 0. The summed E-state index contributed by atoms with van der Waals surface area (Å²) in [6.07, 6.45) is -4.78. The van der Waals surface area contributed by atoms with E-state index in [0.29, 0.717) is 6.42 Å². The second kappa shape index (κ2) is 10.3. The van der Waals surface area contributed by atoms with E-state index in [1.54, 1.807) is 0 Å². The molecule has 1 atom stereocenters. The predicted molar refractivity (Wildman–Crippen MR) is 103 cm³/mol. The molecular weight excluding hydrogens is 408 g/mol. The summed E-state index contributed by atoms with van der Waals surface area (Å²) in [5.74, 6) is 0. The molecule has 2 aromatic rings. The summed E-state index contributed by atoms with van der Waals surface area (Å²) in [6, 6.07) is 6.20. The smallest absolute Gasteiger partial charge is 0.388 e. The zero-order valence-electron chi connectivity index (χ0n) is 16.7. The number of aliphatic hydroxyl groups is 1. The van der Waals surface area contributed by atoms with Gasteiger partial charge in [0.1, 0.15) is 0 Å². The van der Waals surface area contributed by atoms with E-state index in [2.05, 4.69) is 11.9 Å². The Balaban J connectivity index is 2.19. The lowest BCUT2D eigenvalue weighted by molar-refractivity contribution is -0.142. The topological polar surface area (TPSA) is 33.1 Å². The number of hydrogen-bond acceptors (Lipinski definition) is 2. The highest BCUT2D eigenvalue weighted by Gasteiger charge is 2.37. The van der Waals surface area contributed by atoms with Crippen LogP contribution in [0.25, 0.3) is 11.3 Å². The summed E-state index contributed by atoms with van der Waals surface area (Å²) in [7, 11) is 0. The van der Waals surface area contributed by atoms with Crippen molar-refractivity contribution in [3.05, 3.63) is 53.2 Å². The van der Waals surface area contributed by atoms with Crippen molar-refractivity contribution in [2.75, 3.05) is 0 Å². The highest BCUT2D eigenvalue weighted by Crippen LogP contribution is 2.37. The van der Waals surface area contributed by atoms with Crippen LogP contribution in [0.3, 0.4) is 0 Å². The summed E-state index contributed by atoms with van der Waals surface area (Å²) < 4.78 is 78.6. The van der Waals surface area contributed by atoms with Gasteiger partial charge in [0.15, 0.2) is 5.69 Å². The number of alkyl halides is 6. The van der Waals surface area contributed by atoms with Gasteiger partial charge in [-0.2, -0.15) is 26.3 Å². The molecule has 2 nitrogen and oxygen atoms in total. The SMILES string of the molecule is CCCCCCCC[C@@H](O)c1ccc(-c2ccc(C(F)(F)F)cc2)nc1C(F)(F)F. The average molecular weight is 433 g/mol. The van der Waals surface area contributed by atoms with Crippen LogP contribution in [0.15, 0.2) is 36.4 Å². The summed E-state index contributed by atoms with van der Waals surface area (Å²) in [5.41, 5.74) is -2.39. The van der Waals surface area contributed by atoms with E-state index in [4.69, 9.17) is 0 Å². The van der Waals surface area contributed by atoms with Crippen molar-refractivity contribution >= 4 is 0 Å². The van der Waals surface area contributed by atoms with E-state index in [9.17, 15) is 31.4 Å². The Labute approximate surface area is 172 Å². The number of aliphatic hydroxyl groups excluding tert-OH is 1. The number of rotatable bonds is 9. The maximum atomic E-state index is 13.5. The van der Waals surface area contributed by atoms with Gasteiger partial charge in [-0.05, 0) is 24.6 Å². The Morgan fingerprint density at radius 1 is 0.800 bits per heavy atom. The lowest BCUT2D eigenvalue weighted by atomic mass is 9.99. The van der Waals surface area contributed by atoms with E-state index in [0.717, 1.165) is 62.4 Å². The maximum Gasteiger partial charge on any atom is 0.433 e. The minimum absolute atomic E-state index is 0.105. The van der Waals surface area contributed by atoms with Gasteiger partial charge in [-0.25, -0.2) is 4.98 Å². The zero-order valence-corrected chi connectivity index (χ0v) is 16.7. The van der Waals surface area contributed by atoms with Crippen LogP contribution < -0.4 is 0 Å². The molecule has 0 unspecified atom stereocenters. The van der Waals surface area contributed by atoms with E-state index < -0.39 is 29.7 Å². The molecule has 1 aromatic carbocycles. The Hall–Kier alpha value is -2.09. The summed E-state index contributed by atoms with van der Waals surface area (Å²) in [5, 5.41) is 10.3. The van der Waals surface area contributed by atoms with Gasteiger partial charge in [0.2, 0.25) is 0 Å². The number of hydrogen-bond donors (Lipinski definition) is 1. The van der Waals surface area contributed by atoms with Gasteiger partial charge in [-0.15, -0.1) is 0 Å². The molecule has 1 heterocycles. The van der Waals surface area contributed by atoms with Gasteiger partial charge in [-0.3, -0.25) is 0 Å². The van der Waals surface area contributed by atoms with Crippen LogP contribution >= 0.6 is 0 Å². The van der Waals surface area contributed by atoms with Crippen LogP contribution in [-0.4, -0.2) is 10.1 Å². The second-order valence-electron chi connectivity index (χ2n) is 7.28. The fourth-order valence-corrected chi connectivity index (χ4v) is 3.23. The molecule has 0 saturated carbocycles. The highest BCUT2D eigenvalue weighted by molar-refractivity contribution is 5.60. The number of nitrogens with zero attached hydrogens (tertiary/aromatic N) is 1. The first-order valence-corrected chi connectivity index (χ1v) is 9.98. The molecule has 0 amide bonds. The van der Waals surface area contributed by atoms with Gasteiger partial charge < -0.3 is 5.11 Å². The van der Waals surface area contributed by atoms with Crippen molar-refractivity contribution in [3.8, 4) is 11.3 Å². The molecule has 0 aliphatic carbocycles. The maximum absolute atomic E-state index is 13.5. The number of aromatic nitrogens is 1. The van der Waals surface area contributed by atoms with Crippen LogP contribution in [0.4, 0.5) is 26.3 Å². The lowest BCUT2D eigenvalue weighted by Crippen LogP contribution is -2.15. The lowest BCUT2D eigenvalue weighted by Gasteiger charge is -2.18. The van der Waals surface area contributed by atoms with Gasteiger partial charge >= 0.3 is 12.4 Å². The molecule has 1 N–H and O–H groups in total. The molecule has 0 bridgehead atoms. The Morgan fingerprint density at radius 2 is 1.40 bits per heavy atom. The molecule has 2 rings (SSSR count). The van der Waals surface area contributed by atoms with Crippen LogP contribution in [-0.2, 0) is 12.4 Å². The highest BCUT2D eigenvalue weighted by atomic mass is 19.4. The van der Waals surface area contributed by atoms with Crippen LogP contribution in [0.1, 0.15) is 74.8 Å². The molecule has 0 radical (unpaired) electrons. The van der Waals surface area contributed by atoms with Crippen molar-refractivity contribution in [1.29, 1.82) is 0 Å². The fourth-order valence-electron chi connectivity index (χ4n) is 3.23. The van der Waals surface area contributed by atoms with Gasteiger partial charge in [-0.1, -0.05) is 63.6 Å². The standard InChI is InChI=1S/C22H25F6NO/c1-2-3-4-5-6-7-8-19(30)17-13-14-18(29-20(17)22(26,27)28)15-9-11-16(12-10-15)21(23,24)25/h9-14,19,30H,2-8H2,1H3/t19-/m1/s1. The van der Waals surface area contributed by atoms with Crippen LogP contribution in [0.2, 0.25) is 0 Å². The second-order valence-corrected chi connectivity index (χ2v) is 7.28. The predicted octanol–water partition coefficient (Wildman–Crippen LogP) is 7.57. The van der Waals surface area contributed by atoms with Crippen molar-refractivity contribution in [3.63, 3.8) is 0 Å². The van der Waals surface area contributed by atoms with Crippen LogP contribution in [0, 0.1) is 0 Å². The quantitative estimate of drug-likeness (QED) is 0.327. The Morgan fingerprint density at radius 3 is 1.97 bits per heavy atom. The zero-order chi connectivity index (χ0) is 22.4. The number of unbranched alkanes of at least 4 members (excludes halogenated alkanes) is 5. The van der Waals surface area contributed by atoms with Crippen molar-refractivity contribution in [1.82, 2.24) is 4.98 Å². The molecule has 0 aliphatic heterocycles. The third-order valence-electron chi connectivity index (χ3n) is 4.89. The Bertz CT molecular complexity index is 799. The summed E-state index contributed by atoms with van der Waals surface area (Å²) in [6.45, 7) is 2.09. The number of benzene rings is 1.